The number of aliphatic hydroxyl groups excluding tert-OH is 1. The SMILES string of the molecule is O=C1OCCCC/C=C\[C@H]2O[C@]34C=CCN(C5CCCCC5)C(=O)C3N([C@@H](CO)Cc3ccccc3)C(=O)[C@@H]4[C@@H]12. The molecule has 1 aromatic rings. The molecule has 1 unspecified atom stereocenters. The summed E-state index contributed by atoms with van der Waals surface area (Å²) >= 11 is 0. The lowest BCUT2D eigenvalue weighted by molar-refractivity contribution is -0.157. The van der Waals surface area contributed by atoms with E-state index in [1.807, 2.05) is 59.5 Å². The van der Waals surface area contributed by atoms with Gasteiger partial charge in [0.15, 0.2) is 0 Å². The minimum atomic E-state index is -1.31. The van der Waals surface area contributed by atoms with Gasteiger partial charge in [0.25, 0.3) is 0 Å². The topological polar surface area (TPSA) is 96.4 Å². The summed E-state index contributed by atoms with van der Waals surface area (Å²) in [5.74, 6) is -2.69. The Bertz CT molecular complexity index is 1160. The van der Waals surface area contributed by atoms with E-state index in [1.165, 1.54) is 6.42 Å². The number of rotatable bonds is 5. The highest BCUT2D eigenvalue weighted by Crippen LogP contribution is 2.54. The first-order valence-electron chi connectivity index (χ1n) is 15.0. The van der Waals surface area contributed by atoms with E-state index < -0.39 is 41.6 Å². The Morgan fingerprint density at radius 1 is 0.975 bits per heavy atom. The van der Waals surface area contributed by atoms with Crippen LogP contribution in [0.2, 0.25) is 0 Å². The standard InChI is InChI=1S/C32H40N2O6/c35-21-24(20-22-12-5-3-6-13-22)34-28-30(37)33(23-14-7-4-8-15-23)18-11-17-32(28)27(29(34)36)26-25(40-32)16-9-1-2-10-19-39-31(26)38/h3,5-6,9,11-13,16-17,23-28,35H,1-2,4,7-8,10,14-15,18-21H2/b16-9-/t24-,25-,26+,27+,28?,32+/m1/s1. The van der Waals surface area contributed by atoms with Crippen LogP contribution in [0.1, 0.15) is 56.9 Å². The highest BCUT2D eigenvalue weighted by molar-refractivity contribution is 5.99. The van der Waals surface area contributed by atoms with E-state index in [9.17, 15) is 19.5 Å². The third-order valence-electron chi connectivity index (χ3n) is 9.50. The lowest BCUT2D eigenvalue weighted by atomic mass is 9.77. The molecule has 1 aromatic carbocycles. The maximum absolute atomic E-state index is 14.6. The van der Waals surface area contributed by atoms with Gasteiger partial charge in [-0.1, -0.05) is 73.9 Å². The summed E-state index contributed by atoms with van der Waals surface area (Å²) in [6, 6.07) is 8.18. The second-order valence-electron chi connectivity index (χ2n) is 11.9. The predicted molar refractivity (Wildman–Crippen MR) is 148 cm³/mol. The van der Waals surface area contributed by atoms with Crippen LogP contribution in [-0.4, -0.2) is 82.3 Å². The fourth-order valence-corrected chi connectivity index (χ4v) is 7.62. The summed E-state index contributed by atoms with van der Waals surface area (Å²) in [6.07, 6.45) is 15.1. The van der Waals surface area contributed by atoms with Crippen LogP contribution in [0.25, 0.3) is 0 Å². The van der Waals surface area contributed by atoms with Crippen molar-refractivity contribution in [1.29, 1.82) is 0 Å². The molecule has 1 saturated carbocycles. The summed E-state index contributed by atoms with van der Waals surface area (Å²) in [7, 11) is 0. The van der Waals surface area contributed by atoms with Gasteiger partial charge in [0.1, 0.15) is 17.6 Å². The monoisotopic (exact) mass is 548 g/mol. The Morgan fingerprint density at radius 2 is 1.77 bits per heavy atom. The van der Waals surface area contributed by atoms with Crippen molar-refractivity contribution in [2.75, 3.05) is 19.8 Å². The molecule has 0 aromatic heterocycles. The number of carbonyl (C=O) groups is 3. The normalized spacial score (nSPS) is 34.5. The second-order valence-corrected chi connectivity index (χ2v) is 11.9. The minimum absolute atomic E-state index is 0.103. The van der Waals surface area contributed by atoms with Crippen molar-refractivity contribution in [1.82, 2.24) is 9.80 Å². The number of allylic oxidation sites excluding steroid dienone is 1. The first-order chi connectivity index (χ1) is 19.5. The number of aliphatic hydroxyl groups is 1. The Labute approximate surface area is 236 Å². The van der Waals surface area contributed by atoms with Gasteiger partial charge in [0, 0.05) is 12.6 Å². The van der Waals surface area contributed by atoms with Gasteiger partial charge in [-0.3, -0.25) is 14.4 Å². The van der Waals surface area contributed by atoms with Crippen molar-refractivity contribution in [3.05, 3.63) is 60.2 Å². The minimum Gasteiger partial charge on any atom is -0.465 e. The van der Waals surface area contributed by atoms with E-state index in [1.54, 1.807) is 4.90 Å². The van der Waals surface area contributed by atoms with Crippen LogP contribution in [0.4, 0.5) is 0 Å². The first kappa shape index (κ1) is 27.2. The fraction of sp³-hybridized carbons (Fsp3) is 0.594. The summed E-state index contributed by atoms with van der Waals surface area (Å²) in [5.41, 5.74) is -0.352. The summed E-state index contributed by atoms with van der Waals surface area (Å²) < 4.78 is 12.4. The van der Waals surface area contributed by atoms with Crippen molar-refractivity contribution in [3.63, 3.8) is 0 Å². The Kier molecular flexibility index (Phi) is 7.82. The number of ether oxygens (including phenoxy) is 2. The quantitative estimate of drug-likeness (QED) is 0.449. The van der Waals surface area contributed by atoms with E-state index in [2.05, 4.69) is 0 Å². The van der Waals surface area contributed by atoms with Crippen molar-refractivity contribution in [3.8, 4) is 0 Å². The number of carbonyl (C=O) groups excluding carboxylic acids is 3. The Balaban J connectivity index is 1.44. The van der Waals surface area contributed by atoms with Gasteiger partial charge in [-0.05, 0) is 44.1 Å². The molecule has 1 aliphatic carbocycles. The van der Waals surface area contributed by atoms with E-state index >= 15 is 0 Å². The number of hydrogen-bond acceptors (Lipinski definition) is 6. The van der Waals surface area contributed by atoms with Crippen LogP contribution < -0.4 is 0 Å². The lowest BCUT2D eigenvalue weighted by Crippen LogP contribution is -2.60. The van der Waals surface area contributed by atoms with Crippen molar-refractivity contribution in [2.24, 2.45) is 11.8 Å². The van der Waals surface area contributed by atoms with Crippen LogP contribution >= 0.6 is 0 Å². The largest absolute Gasteiger partial charge is 0.465 e. The highest BCUT2D eigenvalue weighted by Gasteiger charge is 2.72. The third-order valence-corrected chi connectivity index (χ3v) is 9.50. The smallest absolute Gasteiger partial charge is 0.312 e. The maximum atomic E-state index is 14.6. The molecule has 6 atom stereocenters. The van der Waals surface area contributed by atoms with E-state index in [4.69, 9.17) is 9.47 Å². The molecule has 40 heavy (non-hydrogen) atoms. The van der Waals surface area contributed by atoms with Crippen molar-refractivity contribution < 1.29 is 29.0 Å². The zero-order chi connectivity index (χ0) is 27.7. The van der Waals surface area contributed by atoms with Crippen LogP contribution in [0.3, 0.4) is 0 Å². The molecule has 0 radical (unpaired) electrons. The molecule has 214 valence electrons. The van der Waals surface area contributed by atoms with Gasteiger partial charge in [0.2, 0.25) is 11.8 Å². The molecule has 2 saturated heterocycles. The highest BCUT2D eigenvalue weighted by atomic mass is 16.6. The molecular formula is C32H40N2O6. The van der Waals surface area contributed by atoms with Gasteiger partial charge >= 0.3 is 5.97 Å². The number of esters is 1. The van der Waals surface area contributed by atoms with E-state index in [-0.39, 0.29) is 24.5 Å². The van der Waals surface area contributed by atoms with Gasteiger partial charge in [-0.2, -0.15) is 0 Å². The average Bonchev–Trinajstić information content (AvgIpc) is 3.37. The van der Waals surface area contributed by atoms with Crippen LogP contribution in [0, 0.1) is 11.8 Å². The number of cyclic esters (lactones) is 1. The molecule has 4 heterocycles. The van der Waals surface area contributed by atoms with Gasteiger partial charge in [-0.15, -0.1) is 0 Å². The number of likely N-dealkylation sites (tertiary alicyclic amines) is 1. The molecule has 0 bridgehead atoms. The number of benzene rings is 1. The van der Waals surface area contributed by atoms with Crippen molar-refractivity contribution >= 4 is 17.8 Å². The first-order valence-corrected chi connectivity index (χ1v) is 15.0. The Hall–Kier alpha value is -2.97. The Morgan fingerprint density at radius 3 is 2.55 bits per heavy atom. The lowest BCUT2D eigenvalue weighted by Gasteiger charge is -2.41. The third kappa shape index (κ3) is 4.69. The van der Waals surface area contributed by atoms with Gasteiger partial charge in [0.05, 0.1) is 31.3 Å². The van der Waals surface area contributed by atoms with Gasteiger partial charge < -0.3 is 24.4 Å². The molecule has 3 fully saturated rings. The molecule has 1 N–H and O–H groups in total. The van der Waals surface area contributed by atoms with Crippen molar-refractivity contribution in [2.45, 2.75) is 87.6 Å². The zero-order valence-electron chi connectivity index (χ0n) is 23.0. The number of hydrogen-bond donors (Lipinski definition) is 1. The zero-order valence-corrected chi connectivity index (χ0v) is 23.0. The summed E-state index contributed by atoms with van der Waals surface area (Å²) in [5, 5.41) is 10.6. The molecule has 6 rings (SSSR count). The number of amides is 2. The molecule has 5 aliphatic rings. The fourth-order valence-electron chi connectivity index (χ4n) is 7.62. The van der Waals surface area contributed by atoms with Gasteiger partial charge in [-0.25, -0.2) is 0 Å². The average molecular weight is 549 g/mol. The maximum Gasteiger partial charge on any atom is 0.312 e. The molecule has 8 nitrogen and oxygen atoms in total. The van der Waals surface area contributed by atoms with Crippen LogP contribution in [-0.2, 0) is 30.3 Å². The molecular weight excluding hydrogens is 508 g/mol. The molecule has 2 amide bonds. The molecule has 4 aliphatic heterocycles. The predicted octanol–water partition coefficient (Wildman–Crippen LogP) is 3.19. The number of nitrogens with zero attached hydrogens (tertiary/aromatic N) is 2. The van der Waals surface area contributed by atoms with Crippen LogP contribution in [0.5, 0.6) is 0 Å². The second kappa shape index (κ2) is 11.5. The van der Waals surface area contributed by atoms with E-state index in [0.717, 1.165) is 50.5 Å². The molecule has 8 heteroatoms. The summed E-state index contributed by atoms with van der Waals surface area (Å²) in [4.78, 5) is 46.2. The molecule has 1 spiro atoms. The van der Waals surface area contributed by atoms with Crippen LogP contribution in [0.15, 0.2) is 54.6 Å². The van der Waals surface area contributed by atoms with E-state index in [0.29, 0.717) is 19.6 Å². The summed E-state index contributed by atoms with van der Waals surface area (Å²) in [6.45, 7) is 0.436. The number of fused-ring (bicyclic) bond motifs is 2.